The molecule has 1 aliphatic carbocycles. The molecule has 0 N–H and O–H groups in total. The third-order valence-electron chi connectivity index (χ3n) is 2.64. The Morgan fingerprint density at radius 2 is 1.43 bits per heavy atom. The van der Waals surface area contributed by atoms with E-state index in [1.54, 1.807) is 0 Å². The van der Waals surface area contributed by atoms with E-state index in [4.69, 9.17) is 0 Å². The normalized spacial score (nSPS) is 11.6. The third kappa shape index (κ3) is 0.928. The third-order valence-corrected chi connectivity index (χ3v) is 3.66. The van der Waals surface area contributed by atoms with E-state index in [0.717, 1.165) is 9.79 Å². The Morgan fingerprint density at radius 1 is 0.714 bits per heavy atom. The highest BCUT2D eigenvalue weighted by molar-refractivity contribution is 7.83. The van der Waals surface area contributed by atoms with Crippen molar-refractivity contribution in [2.75, 3.05) is 0 Å². The van der Waals surface area contributed by atoms with Gasteiger partial charge in [-0.2, -0.15) is 0 Å². The molecular formula is C12H8S2. The number of benzene rings is 2. The van der Waals surface area contributed by atoms with Crippen molar-refractivity contribution in [2.45, 2.75) is 9.79 Å². The fourth-order valence-electron chi connectivity index (χ4n) is 1.95. The molecule has 1 aliphatic rings. The molecule has 0 unspecified atom stereocenters. The Balaban J connectivity index is 2.34. The topological polar surface area (TPSA) is 0 Å². The summed E-state index contributed by atoms with van der Waals surface area (Å²) in [5.41, 5.74) is 5.16. The minimum Gasteiger partial charge on any atom is -0.142 e. The zero-order valence-electron chi connectivity index (χ0n) is 7.36. The maximum absolute atomic E-state index is 4.48. The van der Waals surface area contributed by atoms with Gasteiger partial charge in [-0.3, -0.25) is 0 Å². The summed E-state index contributed by atoms with van der Waals surface area (Å²) in [5.74, 6) is 0. The van der Waals surface area contributed by atoms with E-state index in [1.165, 1.54) is 22.3 Å². The summed E-state index contributed by atoms with van der Waals surface area (Å²) in [6, 6.07) is 12.5. The fourth-order valence-corrected chi connectivity index (χ4v) is 2.45. The Labute approximate surface area is 93.8 Å². The van der Waals surface area contributed by atoms with Crippen LogP contribution in [0.2, 0.25) is 0 Å². The van der Waals surface area contributed by atoms with Crippen molar-refractivity contribution >= 4 is 25.3 Å². The molecule has 0 aliphatic heterocycles. The van der Waals surface area contributed by atoms with E-state index in [2.05, 4.69) is 55.6 Å². The predicted molar refractivity (Wildman–Crippen MR) is 65.4 cm³/mol. The SMILES string of the molecule is Sc1ccc2c(c1S)-c1ccccc1-2. The van der Waals surface area contributed by atoms with Crippen LogP contribution in [0.15, 0.2) is 46.2 Å². The van der Waals surface area contributed by atoms with Gasteiger partial charge in [0.2, 0.25) is 0 Å². The monoisotopic (exact) mass is 216 g/mol. The highest BCUT2D eigenvalue weighted by Gasteiger charge is 2.24. The van der Waals surface area contributed by atoms with Gasteiger partial charge in [-0.15, -0.1) is 25.3 Å². The van der Waals surface area contributed by atoms with Crippen LogP contribution < -0.4 is 0 Å². The van der Waals surface area contributed by atoms with Crippen molar-refractivity contribution in [3.63, 3.8) is 0 Å². The number of hydrogen-bond donors (Lipinski definition) is 2. The van der Waals surface area contributed by atoms with Crippen molar-refractivity contribution in [2.24, 2.45) is 0 Å². The molecule has 2 aromatic carbocycles. The van der Waals surface area contributed by atoms with Crippen LogP contribution >= 0.6 is 25.3 Å². The molecule has 2 heteroatoms. The van der Waals surface area contributed by atoms with Crippen molar-refractivity contribution < 1.29 is 0 Å². The van der Waals surface area contributed by atoms with Gasteiger partial charge >= 0.3 is 0 Å². The molecule has 0 bridgehead atoms. The van der Waals surface area contributed by atoms with Crippen LogP contribution in [0.3, 0.4) is 0 Å². The summed E-state index contributed by atoms with van der Waals surface area (Å²) in [6.45, 7) is 0. The average molecular weight is 216 g/mol. The van der Waals surface area contributed by atoms with Crippen LogP contribution in [0.4, 0.5) is 0 Å². The lowest BCUT2D eigenvalue weighted by Gasteiger charge is -2.25. The number of fused-ring (bicyclic) bond motifs is 4. The smallest absolute Gasteiger partial charge is 0.0259 e. The van der Waals surface area contributed by atoms with Crippen molar-refractivity contribution in [3.8, 4) is 22.3 Å². The molecule has 2 aromatic rings. The summed E-state index contributed by atoms with van der Waals surface area (Å²) in [6.07, 6.45) is 0. The van der Waals surface area contributed by atoms with Crippen LogP contribution in [0.1, 0.15) is 0 Å². The molecule has 68 valence electrons. The minimum absolute atomic E-state index is 0.946. The first kappa shape index (κ1) is 8.45. The second-order valence-electron chi connectivity index (χ2n) is 3.40. The molecular weight excluding hydrogens is 208 g/mol. The van der Waals surface area contributed by atoms with Crippen molar-refractivity contribution in [1.82, 2.24) is 0 Å². The summed E-state index contributed by atoms with van der Waals surface area (Å²) in [5, 5.41) is 0. The van der Waals surface area contributed by atoms with E-state index < -0.39 is 0 Å². The van der Waals surface area contributed by atoms with Gasteiger partial charge in [-0.25, -0.2) is 0 Å². The zero-order valence-corrected chi connectivity index (χ0v) is 9.15. The molecule has 0 saturated heterocycles. The average Bonchev–Trinajstić information content (AvgIpc) is 2.18. The van der Waals surface area contributed by atoms with Gasteiger partial charge < -0.3 is 0 Å². The van der Waals surface area contributed by atoms with E-state index in [9.17, 15) is 0 Å². The van der Waals surface area contributed by atoms with Gasteiger partial charge in [-0.1, -0.05) is 30.3 Å². The van der Waals surface area contributed by atoms with Crippen LogP contribution in [0.5, 0.6) is 0 Å². The predicted octanol–water partition coefficient (Wildman–Crippen LogP) is 3.91. The van der Waals surface area contributed by atoms with E-state index >= 15 is 0 Å². The molecule has 0 fully saturated rings. The highest BCUT2D eigenvalue weighted by atomic mass is 32.1. The molecule has 14 heavy (non-hydrogen) atoms. The molecule has 3 rings (SSSR count). The molecule has 0 spiro atoms. The Hall–Kier alpha value is -0.860. The first-order chi connectivity index (χ1) is 6.79. The Bertz CT molecular complexity index is 530. The number of hydrogen-bond acceptors (Lipinski definition) is 2. The maximum atomic E-state index is 4.48. The van der Waals surface area contributed by atoms with Gasteiger partial charge in [-0.05, 0) is 22.8 Å². The van der Waals surface area contributed by atoms with E-state index in [1.807, 2.05) is 6.07 Å². The Kier molecular flexibility index (Phi) is 1.70. The molecule has 0 saturated carbocycles. The molecule has 0 amide bonds. The van der Waals surface area contributed by atoms with Gasteiger partial charge in [0.25, 0.3) is 0 Å². The van der Waals surface area contributed by atoms with E-state index in [0.29, 0.717) is 0 Å². The second kappa shape index (κ2) is 2.81. The van der Waals surface area contributed by atoms with Gasteiger partial charge in [0.05, 0.1) is 0 Å². The lowest BCUT2D eigenvalue weighted by atomic mass is 9.81. The zero-order chi connectivity index (χ0) is 9.71. The number of thiol groups is 2. The summed E-state index contributed by atoms with van der Waals surface area (Å²) >= 11 is 8.84. The van der Waals surface area contributed by atoms with Crippen LogP contribution in [-0.4, -0.2) is 0 Å². The molecule has 0 heterocycles. The summed E-state index contributed by atoms with van der Waals surface area (Å²) in [7, 11) is 0. The standard InChI is InChI=1S/C12H8S2/c13-10-6-5-9-7-3-1-2-4-8(7)11(9)12(10)14/h1-6,13-14H. The second-order valence-corrected chi connectivity index (χ2v) is 4.33. The quantitative estimate of drug-likeness (QED) is 0.523. The fraction of sp³-hybridized carbons (Fsp3) is 0. The van der Waals surface area contributed by atoms with Gasteiger partial charge in [0.15, 0.2) is 0 Å². The number of rotatable bonds is 0. The minimum atomic E-state index is 0.946. The van der Waals surface area contributed by atoms with Crippen molar-refractivity contribution in [1.29, 1.82) is 0 Å². The van der Waals surface area contributed by atoms with Crippen LogP contribution in [0.25, 0.3) is 22.3 Å². The largest absolute Gasteiger partial charge is 0.142 e. The van der Waals surface area contributed by atoms with Gasteiger partial charge in [0, 0.05) is 15.4 Å². The van der Waals surface area contributed by atoms with Crippen molar-refractivity contribution in [3.05, 3.63) is 36.4 Å². The summed E-state index contributed by atoms with van der Waals surface area (Å²) < 4.78 is 0. The summed E-state index contributed by atoms with van der Waals surface area (Å²) in [4.78, 5) is 1.94. The van der Waals surface area contributed by atoms with Crippen LogP contribution in [0, 0.1) is 0 Å². The molecule has 0 radical (unpaired) electrons. The van der Waals surface area contributed by atoms with Crippen LogP contribution in [-0.2, 0) is 0 Å². The highest BCUT2D eigenvalue weighted by Crippen LogP contribution is 2.51. The van der Waals surface area contributed by atoms with Gasteiger partial charge in [0.1, 0.15) is 0 Å². The first-order valence-electron chi connectivity index (χ1n) is 4.44. The molecule has 0 nitrogen and oxygen atoms in total. The molecule has 0 aromatic heterocycles. The first-order valence-corrected chi connectivity index (χ1v) is 5.33. The lowest BCUT2D eigenvalue weighted by molar-refractivity contribution is 1.25. The Morgan fingerprint density at radius 3 is 2.21 bits per heavy atom. The lowest BCUT2D eigenvalue weighted by Crippen LogP contribution is -1.99. The maximum Gasteiger partial charge on any atom is 0.0259 e. The van der Waals surface area contributed by atoms with E-state index in [-0.39, 0.29) is 0 Å². The molecule has 0 atom stereocenters.